The van der Waals surface area contributed by atoms with Gasteiger partial charge < -0.3 is 5.73 Å². The van der Waals surface area contributed by atoms with Crippen LogP contribution in [0.4, 0.5) is 5.82 Å². The number of anilines is 1. The molecular weight excluding hydrogens is 222 g/mol. The molecule has 3 saturated carbocycles. The molecule has 0 aromatic carbocycles. The third kappa shape index (κ3) is 1.33. The van der Waals surface area contributed by atoms with Crippen molar-refractivity contribution in [3.05, 3.63) is 11.3 Å². The number of nitrogens with zero attached hydrogens (tertiary/aromatic N) is 1. The molecule has 1 aromatic rings. The number of fused-ring (bicyclic) bond motifs is 5. The molecule has 1 heterocycles. The van der Waals surface area contributed by atoms with Crippen LogP contribution in [-0.2, 0) is 6.42 Å². The van der Waals surface area contributed by atoms with Crippen molar-refractivity contribution in [1.82, 2.24) is 10.2 Å². The molecule has 0 radical (unpaired) electrons. The first kappa shape index (κ1) is 10.9. The minimum atomic E-state index is 0.652. The van der Waals surface area contributed by atoms with E-state index in [4.69, 9.17) is 5.73 Å². The molecule has 3 nitrogen and oxygen atoms in total. The highest BCUT2D eigenvalue weighted by Gasteiger charge is 2.66. The Labute approximate surface area is 109 Å². The molecule has 0 amide bonds. The van der Waals surface area contributed by atoms with Crippen LogP contribution in [0.1, 0.15) is 50.3 Å². The molecule has 1 aromatic heterocycles. The summed E-state index contributed by atoms with van der Waals surface area (Å²) in [4.78, 5) is 0. The van der Waals surface area contributed by atoms with Gasteiger partial charge in [-0.15, -0.1) is 0 Å². The molecule has 2 bridgehead atoms. The second kappa shape index (κ2) is 3.52. The van der Waals surface area contributed by atoms with E-state index in [1.807, 2.05) is 0 Å². The fourth-order valence-electron chi connectivity index (χ4n) is 5.00. The zero-order valence-electron chi connectivity index (χ0n) is 11.3. The van der Waals surface area contributed by atoms with Gasteiger partial charge in [-0.05, 0) is 55.3 Å². The summed E-state index contributed by atoms with van der Waals surface area (Å²) in [6, 6.07) is 0. The fraction of sp³-hybridized carbons (Fsp3) is 0.800. The highest BCUT2D eigenvalue weighted by atomic mass is 15.2. The van der Waals surface area contributed by atoms with E-state index in [9.17, 15) is 0 Å². The topological polar surface area (TPSA) is 54.7 Å². The van der Waals surface area contributed by atoms with Gasteiger partial charge in [0.05, 0.1) is 0 Å². The summed E-state index contributed by atoms with van der Waals surface area (Å²) in [5.41, 5.74) is 8.77. The van der Waals surface area contributed by atoms with Crippen LogP contribution in [0.5, 0.6) is 0 Å². The van der Waals surface area contributed by atoms with Gasteiger partial charge in [-0.3, -0.25) is 5.10 Å². The predicted octanol–water partition coefficient (Wildman–Crippen LogP) is 2.95. The van der Waals surface area contributed by atoms with E-state index in [0.717, 1.165) is 41.8 Å². The number of aromatic nitrogens is 2. The lowest BCUT2D eigenvalue weighted by atomic mass is 9.95. The highest BCUT2D eigenvalue weighted by Crippen LogP contribution is 2.73. The van der Waals surface area contributed by atoms with Gasteiger partial charge in [0.1, 0.15) is 5.82 Å². The normalized spacial score (nSPS) is 40.5. The molecule has 0 aliphatic heterocycles. The Balaban J connectivity index is 1.63. The summed E-state index contributed by atoms with van der Waals surface area (Å²) in [7, 11) is 0. The maximum atomic E-state index is 6.05. The van der Waals surface area contributed by atoms with E-state index in [1.165, 1.54) is 30.5 Å². The van der Waals surface area contributed by atoms with E-state index in [2.05, 4.69) is 24.0 Å². The van der Waals surface area contributed by atoms with Crippen molar-refractivity contribution in [2.75, 3.05) is 5.73 Å². The van der Waals surface area contributed by atoms with Crippen molar-refractivity contribution in [3.8, 4) is 0 Å². The summed E-state index contributed by atoms with van der Waals surface area (Å²) in [6.07, 6.45) is 5.54. The Bertz CT molecular complexity index is 460. The van der Waals surface area contributed by atoms with Gasteiger partial charge in [0, 0.05) is 17.2 Å². The van der Waals surface area contributed by atoms with Crippen LogP contribution in [0.2, 0.25) is 0 Å². The van der Waals surface area contributed by atoms with Crippen LogP contribution in [0.15, 0.2) is 0 Å². The zero-order chi connectivity index (χ0) is 12.4. The van der Waals surface area contributed by atoms with E-state index in [-0.39, 0.29) is 0 Å². The third-order valence-electron chi connectivity index (χ3n) is 5.61. The number of rotatable bonds is 3. The van der Waals surface area contributed by atoms with Crippen LogP contribution in [0.25, 0.3) is 0 Å². The molecule has 0 spiro atoms. The number of nitrogens with two attached hydrogens (primary N) is 1. The molecule has 4 atom stereocenters. The standard InChI is InChI=1S/C15H23N3/c1-7(2)5-10-14(17-18-15(10)16)13-11-8-3-4-9(6-8)12(11)13/h7-9,11-13H,3-6H2,1-2H3,(H3,16,17,18). The molecule has 0 saturated heterocycles. The summed E-state index contributed by atoms with van der Waals surface area (Å²) < 4.78 is 0. The Morgan fingerprint density at radius 3 is 2.56 bits per heavy atom. The smallest absolute Gasteiger partial charge is 0.148 e. The van der Waals surface area contributed by atoms with Gasteiger partial charge >= 0.3 is 0 Å². The number of H-pyrrole nitrogens is 1. The average Bonchev–Trinajstić information content (AvgIpc) is 2.66. The predicted molar refractivity (Wildman–Crippen MR) is 72.1 cm³/mol. The van der Waals surface area contributed by atoms with Crippen molar-refractivity contribution in [2.24, 2.45) is 29.6 Å². The molecule has 4 rings (SSSR count). The molecular formula is C15H23N3. The first-order valence-corrected chi connectivity index (χ1v) is 7.49. The maximum absolute atomic E-state index is 6.05. The summed E-state index contributed by atoms with van der Waals surface area (Å²) in [6.45, 7) is 4.52. The number of nitrogen functional groups attached to an aromatic ring is 1. The van der Waals surface area contributed by atoms with Gasteiger partial charge in [-0.1, -0.05) is 13.8 Å². The van der Waals surface area contributed by atoms with Crippen LogP contribution in [-0.4, -0.2) is 10.2 Å². The quantitative estimate of drug-likeness (QED) is 0.860. The van der Waals surface area contributed by atoms with E-state index < -0.39 is 0 Å². The number of hydrogen-bond donors (Lipinski definition) is 2. The molecule has 4 unspecified atom stereocenters. The highest BCUT2D eigenvalue weighted by molar-refractivity contribution is 5.46. The Hall–Kier alpha value is -0.990. The van der Waals surface area contributed by atoms with Crippen LogP contribution >= 0.6 is 0 Å². The second-order valence-corrected chi connectivity index (χ2v) is 7.11. The first-order chi connectivity index (χ1) is 8.66. The zero-order valence-corrected chi connectivity index (χ0v) is 11.3. The minimum Gasteiger partial charge on any atom is -0.382 e. The maximum Gasteiger partial charge on any atom is 0.148 e. The third-order valence-corrected chi connectivity index (χ3v) is 5.61. The molecule has 3 heteroatoms. The van der Waals surface area contributed by atoms with Gasteiger partial charge in [-0.2, -0.15) is 5.10 Å². The fourth-order valence-corrected chi connectivity index (χ4v) is 5.00. The molecule has 3 N–H and O–H groups in total. The molecule has 98 valence electrons. The monoisotopic (exact) mass is 245 g/mol. The first-order valence-electron chi connectivity index (χ1n) is 7.49. The Morgan fingerprint density at radius 1 is 1.28 bits per heavy atom. The SMILES string of the molecule is CC(C)Cc1c(N)n[nH]c1C1C2C3CCC(C3)C12. The number of nitrogens with one attached hydrogen (secondary N) is 1. The number of hydrogen-bond acceptors (Lipinski definition) is 2. The lowest BCUT2D eigenvalue weighted by Crippen LogP contribution is -2.04. The summed E-state index contributed by atoms with van der Waals surface area (Å²) >= 11 is 0. The molecule has 3 aliphatic carbocycles. The van der Waals surface area contributed by atoms with E-state index in [0.29, 0.717) is 5.92 Å². The van der Waals surface area contributed by atoms with E-state index in [1.54, 1.807) is 0 Å². The molecule has 3 fully saturated rings. The lowest BCUT2D eigenvalue weighted by Gasteiger charge is -2.10. The van der Waals surface area contributed by atoms with Crippen molar-refractivity contribution >= 4 is 5.82 Å². The second-order valence-electron chi connectivity index (χ2n) is 7.11. The van der Waals surface area contributed by atoms with Gasteiger partial charge in [-0.25, -0.2) is 0 Å². The molecule has 18 heavy (non-hydrogen) atoms. The van der Waals surface area contributed by atoms with Crippen molar-refractivity contribution in [1.29, 1.82) is 0 Å². The summed E-state index contributed by atoms with van der Waals surface area (Å²) in [5, 5.41) is 7.55. The average molecular weight is 245 g/mol. The van der Waals surface area contributed by atoms with Crippen LogP contribution in [0, 0.1) is 29.6 Å². The number of aromatic amines is 1. The van der Waals surface area contributed by atoms with Gasteiger partial charge in [0.2, 0.25) is 0 Å². The van der Waals surface area contributed by atoms with Crippen LogP contribution < -0.4 is 5.73 Å². The Kier molecular flexibility index (Phi) is 2.13. The lowest BCUT2D eigenvalue weighted by molar-refractivity contribution is 0.456. The van der Waals surface area contributed by atoms with Gasteiger partial charge in [0.25, 0.3) is 0 Å². The molecule has 3 aliphatic rings. The largest absolute Gasteiger partial charge is 0.382 e. The van der Waals surface area contributed by atoms with Crippen molar-refractivity contribution in [2.45, 2.75) is 45.4 Å². The van der Waals surface area contributed by atoms with Gasteiger partial charge in [0.15, 0.2) is 0 Å². The minimum absolute atomic E-state index is 0.652. The summed E-state index contributed by atoms with van der Waals surface area (Å²) in [5.74, 6) is 6.14. The van der Waals surface area contributed by atoms with Crippen LogP contribution in [0.3, 0.4) is 0 Å². The Morgan fingerprint density at radius 2 is 1.94 bits per heavy atom. The van der Waals surface area contributed by atoms with Crippen molar-refractivity contribution < 1.29 is 0 Å². The van der Waals surface area contributed by atoms with Crippen molar-refractivity contribution in [3.63, 3.8) is 0 Å². The van der Waals surface area contributed by atoms with E-state index >= 15 is 0 Å².